The summed E-state index contributed by atoms with van der Waals surface area (Å²) < 4.78 is 5.60. The minimum atomic E-state index is -0.763. The number of carboxylic acids is 1. The highest BCUT2D eigenvalue weighted by Gasteiger charge is 2.60. The van der Waals surface area contributed by atoms with Crippen molar-refractivity contribution in [1.29, 1.82) is 0 Å². The van der Waals surface area contributed by atoms with E-state index in [1.165, 1.54) is 11.1 Å². The van der Waals surface area contributed by atoms with Gasteiger partial charge in [-0.15, -0.1) is 0 Å². The molecule has 3 aliphatic rings. The molecule has 0 bridgehead atoms. The fraction of sp³-hybridized carbons (Fsp3) is 0.423. The van der Waals surface area contributed by atoms with Gasteiger partial charge in [-0.3, -0.25) is 9.59 Å². The van der Waals surface area contributed by atoms with Gasteiger partial charge in [-0.25, -0.2) is 4.79 Å². The second kappa shape index (κ2) is 8.54. The molecule has 1 unspecified atom stereocenters. The van der Waals surface area contributed by atoms with E-state index in [0.717, 1.165) is 11.1 Å². The Hall–Kier alpha value is -3.35. The Kier molecular flexibility index (Phi) is 5.56. The number of ether oxygens (including phenoxy) is 1. The molecule has 2 N–H and O–H groups in total. The lowest BCUT2D eigenvalue weighted by molar-refractivity contribution is -0.141. The SMILES string of the molecule is CC[C@@H](CC(=O)N1C[C@@H]2C(C(=O)O)[C@@H]2C1)NC(=O)OCC1c2ccccc2-c2ccccc21. The number of nitrogens with one attached hydrogen (secondary N) is 1. The first-order valence-electron chi connectivity index (χ1n) is 11.6. The standard InChI is InChI=1S/C26H28N2O5/c1-2-15(11-23(29)28-12-20-21(13-28)24(20)25(30)31)27-26(32)33-14-22-18-9-5-3-7-16(18)17-8-4-6-10-19(17)22/h3-10,15,20-22,24H,2,11-14H2,1H3,(H,27,32)(H,30,31)/t15-,20-,21+,24?/m0/s1. The molecule has 0 spiro atoms. The summed E-state index contributed by atoms with van der Waals surface area (Å²) in [4.78, 5) is 38.1. The van der Waals surface area contributed by atoms with Gasteiger partial charge in [0.1, 0.15) is 6.61 Å². The average Bonchev–Trinajstić information content (AvgIpc) is 3.17. The summed E-state index contributed by atoms with van der Waals surface area (Å²) in [6.07, 6.45) is 0.276. The van der Waals surface area contributed by atoms with Crippen LogP contribution in [0, 0.1) is 17.8 Å². The van der Waals surface area contributed by atoms with E-state index in [0.29, 0.717) is 19.5 Å². The van der Waals surface area contributed by atoms with Crippen LogP contribution in [-0.4, -0.2) is 53.7 Å². The van der Waals surface area contributed by atoms with E-state index in [-0.39, 0.29) is 48.6 Å². The molecule has 5 rings (SSSR count). The lowest BCUT2D eigenvalue weighted by atomic mass is 9.98. The Balaban J connectivity index is 1.14. The molecule has 1 saturated carbocycles. The van der Waals surface area contributed by atoms with Crippen LogP contribution in [-0.2, 0) is 14.3 Å². The zero-order chi connectivity index (χ0) is 23.1. The van der Waals surface area contributed by atoms with Crippen molar-refractivity contribution in [2.45, 2.75) is 31.7 Å². The largest absolute Gasteiger partial charge is 0.481 e. The number of rotatable bonds is 7. The summed E-state index contributed by atoms with van der Waals surface area (Å²) in [7, 11) is 0. The van der Waals surface area contributed by atoms with Crippen molar-refractivity contribution in [3.8, 4) is 11.1 Å². The van der Waals surface area contributed by atoms with E-state index in [4.69, 9.17) is 9.84 Å². The number of likely N-dealkylation sites (tertiary alicyclic amines) is 1. The highest BCUT2D eigenvalue weighted by Crippen LogP contribution is 2.51. The molecule has 172 valence electrons. The maximum Gasteiger partial charge on any atom is 0.407 e. The third-order valence-corrected chi connectivity index (χ3v) is 7.41. The number of amides is 2. The molecule has 2 aliphatic carbocycles. The van der Waals surface area contributed by atoms with Gasteiger partial charge in [0, 0.05) is 31.5 Å². The predicted octanol–water partition coefficient (Wildman–Crippen LogP) is 3.48. The lowest BCUT2D eigenvalue weighted by Crippen LogP contribution is -2.41. The van der Waals surface area contributed by atoms with Crippen molar-refractivity contribution in [1.82, 2.24) is 10.2 Å². The summed E-state index contributed by atoms with van der Waals surface area (Å²) in [5, 5.41) is 12.0. The van der Waals surface area contributed by atoms with Crippen LogP contribution >= 0.6 is 0 Å². The third kappa shape index (κ3) is 3.96. The molecule has 2 aromatic rings. The molecule has 33 heavy (non-hydrogen) atoms. The molecule has 7 nitrogen and oxygen atoms in total. The number of alkyl carbamates (subject to hydrolysis) is 1. The second-order valence-corrected chi connectivity index (χ2v) is 9.27. The van der Waals surface area contributed by atoms with Gasteiger partial charge in [0.05, 0.1) is 5.92 Å². The van der Waals surface area contributed by atoms with Crippen molar-refractivity contribution in [2.24, 2.45) is 17.8 Å². The normalized spacial score (nSPS) is 23.3. The van der Waals surface area contributed by atoms with Gasteiger partial charge in [-0.2, -0.15) is 0 Å². The number of piperidine rings is 1. The maximum atomic E-state index is 12.7. The minimum absolute atomic E-state index is 0.0108. The van der Waals surface area contributed by atoms with Gasteiger partial charge in [0.15, 0.2) is 0 Å². The minimum Gasteiger partial charge on any atom is -0.481 e. The topological polar surface area (TPSA) is 95.9 Å². The Morgan fingerprint density at radius 3 is 2.15 bits per heavy atom. The first-order valence-corrected chi connectivity index (χ1v) is 11.6. The Morgan fingerprint density at radius 1 is 1.03 bits per heavy atom. The third-order valence-electron chi connectivity index (χ3n) is 7.41. The number of carbonyl (C=O) groups excluding carboxylic acids is 2. The molecule has 1 heterocycles. The zero-order valence-corrected chi connectivity index (χ0v) is 18.6. The quantitative estimate of drug-likeness (QED) is 0.676. The molecule has 2 amide bonds. The zero-order valence-electron chi connectivity index (χ0n) is 18.6. The van der Waals surface area contributed by atoms with Crippen molar-refractivity contribution >= 4 is 18.0 Å². The van der Waals surface area contributed by atoms with Crippen molar-refractivity contribution in [3.63, 3.8) is 0 Å². The van der Waals surface area contributed by atoms with E-state index in [1.807, 2.05) is 31.2 Å². The van der Waals surface area contributed by atoms with E-state index in [1.54, 1.807) is 4.90 Å². The Morgan fingerprint density at radius 2 is 1.61 bits per heavy atom. The fourth-order valence-corrected chi connectivity index (χ4v) is 5.54. The molecule has 7 heteroatoms. The van der Waals surface area contributed by atoms with E-state index < -0.39 is 12.1 Å². The van der Waals surface area contributed by atoms with Crippen LogP contribution < -0.4 is 5.32 Å². The number of hydrogen-bond donors (Lipinski definition) is 2. The number of hydrogen-bond acceptors (Lipinski definition) is 4. The van der Waals surface area contributed by atoms with Gasteiger partial charge < -0.3 is 20.1 Å². The smallest absolute Gasteiger partial charge is 0.407 e. The van der Waals surface area contributed by atoms with Crippen molar-refractivity contribution in [2.75, 3.05) is 19.7 Å². The van der Waals surface area contributed by atoms with Crippen LogP contribution in [0.1, 0.15) is 36.8 Å². The first-order chi connectivity index (χ1) is 16.0. The first kappa shape index (κ1) is 21.5. The maximum absolute atomic E-state index is 12.7. The molecule has 1 aliphatic heterocycles. The summed E-state index contributed by atoms with van der Waals surface area (Å²) in [5.74, 6) is -0.945. The number of aliphatic carboxylic acids is 1. The van der Waals surface area contributed by atoms with Crippen LogP contribution in [0.5, 0.6) is 0 Å². The van der Waals surface area contributed by atoms with E-state index in [2.05, 4.69) is 29.6 Å². The predicted molar refractivity (Wildman–Crippen MR) is 122 cm³/mol. The molecule has 1 saturated heterocycles. The van der Waals surface area contributed by atoms with Gasteiger partial charge in [-0.1, -0.05) is 55.5 Å². The number of nitrogens with zero attached hydrogens (tertiary/aromatic N) is 1. The molecular weight excluding hydrogens is 420 g/mol. The van der Waals surface area contributed by atoms with Crippen LogP contribution in [0.3, 0.4) is 0 Å². The van der Waals surface area contributed by atoms with Crippen LogP contribution in [0.4, 0.5) is 4.79 Å². The van der Waals surface area contributed by atoms with Crippen LogP contribution in [0.2, 0.25) is 0 Å². The Bertz CT molecular complexity index is 1040. The van der Waals surface area contributed by atoms with Crippen LogP contribution in [0.25, 0.3) is 11.1 Å². The summed E-state index contributed by atoms with van der Waals surface area (Å²) in [6, 6.07) is 16.0. The van der Waals surface area contributed by atoms with Crippen molar-refractivity contribution < 1.29 is 24.2 Å². The lowest BCUT2D eigenvalue weighted by Gasteiger charge is -2.23. The summed E-state index contributed by atoms with van der Waals surface area (Å²) >= 11 is 0. The van der Waals surface area contributed by atoms with Gasteiger partial charge >= 0.3 is 12.1 Å². The molecule has 4 atom stereocenters. The van der Waals surface area contributed by atoms with Crippen molar-refractivity contribution in [3.05, 3.63) is 59.7 Å². The molecule has 2 aromatic carbocycles. The highest BCUT2D eigenvalue weighted by atomic mass is 16.5. The molecule has 2 fully saturated rings. The monoisotopic (exact) mass is 448 g/mol. The number of carbonyl (C=O) groups is 3. The highest BCUT2D eigenvalue weighted by molar-refractivity contribution is 5.81. The number of carboxylic acid groups (broad SMARTS) is 1. The van der Waals surface area contributed by atoms with Gasteiger partial charge in [0.2, 0.25) is 5.91 Å². The second-order valence-electron chi connectivity index (χ2n) is 9.27. The average molecular weight is 449 g/mol. The molecule has 0 aromatic heterocycles. The van der Waals surface area contributed by atoms with Crippen LogP contribution in [0.15, 0.2) is 48.5 Å². The van der Waals surface area contributed by atoms with Gasteiger partial charge in [-0.05, 0) is 40.5 Å². The van der Waals surface area contributed by atoms with E-state index >= 15 is 0 Å². The molecular formula is C26H28N2O5. The number of benzene rings is 2. The summed E-state index contributed by atoms with van der Waals surface area (Å²) in [6.45, 7) is 3.16. The van der Waals surface area contributed by atoms with Gasteiger partial charge in [0.25, 0.3) is 0 Å². The number of fused-ring (bicyclic) bond motifs is 4. The summed E-state index contributed by atoms with van der Waals surface area (Å²) in [5.41, 5.74) is 4.66. The fourth-order valence-electron chi connectivity index (χ4n) is 5.54. The Labute approximate surface area is 192 Å². The van der Waals surface area contributed by atoms with E-state index in [9.17, 15) is 14.4 Å². The molecule has 0 radical (unpaired) electrons.